The molecule has 2 heterocycles. The zero-order valence-corrected chi connectivity index (χ0v) is 9.65. The number of hydrogen-bond donors (Lipinski definition) is 1. The van der Waals surface area contributed by atoms with Gasteiger partial charge in [-0.3, -0.25) is 0 Å². The Morgan fingerprint density at radius 1 is 1.43 bits per heavy atom. The van der Waals surface area contributed by atoms with Gasteiger partial charge in [-0.25, -0.2) is 9.36 Å². The highest BCUT2D eigenvalue weighted by atomic mass is 32.1. The number of nitrogens with zero attached hydrogens (tertiary/aromatic N) is 2. The van der Waals surface area contributed by atoms with Crippen LogP contribution in [0.25, 0.3) is 0 Å². The molecule has 0 saturated heterocycles. The van der Waals surface area contributed by atoms with E-state index in [9.17, 15) is 0 Å². The van der Waals surface area contributed by atoms with Gasteiger partial charge in [-0.05, 0) is 31.4 Å². The van der Waals surface area contributed by atoms with Gasteiger partial charge < -0.3 is 5.73 Å². The summed E-state index contributed by atoms with van der Waals surface area (Å²) in [5.74, 6) is 0. The summed E-state index contributed by atoms with van der Waals surface area (Å²) in [6.07, 6.45) is 1.78. The van der Waals surface area contributed by atoms with Crippen LogP contribution < -0.4 is 5.73 Å². The monoisotopic (exact) mass is 225 g/mol. The van der Waals surface area contributed by atoms with E-state index < -0.39 is 0 Å². The standard InChI is InChI=1S/C9H11N3S2/c1-5-9(13-6(2)12-5)8(10)7-3-4-11-14-7/h3-4,8H,10H2,1-2H3. The second kappa shape index (κ2) is 3.76. The number of aromatic nitrogens is 2. The van der Waals surface area contributed by atoms with Gasteiger partial charge in [0.25, 0.3) is 0 Å². The Morgan fingerprint density at radius 3 is 2.71 bits per heavy atom. The van der Waals surface area contributed by atoms with Crippen molar-refractivity contribution in [1.82, 2.24) is 9.36 Å². The van der Waals surface area contributed by atoms with Crippen LogP contribution in [0.3, 0.4) is 0 Å². The van der Waals surface area contributed by atoms with Crippen molar-refractivity contribution in [2.75, 3.05) is 0 Å². The van der Waals surface area contributed by atoms with Crippen LogP contribution in [0.15, 0.2) is 12.3 Å². The normalized spacial score (nSPS) is 13.1. The van der Waals surface area contributed by atoms with Gasteiger partial charge in [-0.1, -0.05) is 0 Å². The van der Waals surface area contributed by atoms with E-state index in [-0.39, 0.29) is 6.04 Å². The molecule has 0 spiro atoms. The molecule has 0 radical (unpaired) electrons. The van der Waals surface area contributed by atoms with E-state index >= 15 is 0 Å². The summed E-state index contributed by atoms with van der Waals surface area (Å²) >= 11 is 3.11. The highest BCUT2D eigenvalue weighted by Gasteiger charge is 2.16. The fraction of sp³-hybridized carbons (Fsp3) is 0.333. The van der Waals surface area contributed by atoms with Crippen molar-refractivity contribution in [1.29, 1.82) is 0 Å². The minimum absolute atomic E-state index is 0.0614. The molecule has 2 aromatic heterocycles. The first-order valence-corrected chi connectivity index (χ1v) is 5.87. The van der Waals surface area contributed by atoms with E-state index in [2.05, 4.69) is 9.36 Å². The fourth-order valence-electron chi connectivity index (χ4n) is 1.35. The first-order valence-electron chi connectivity index (χ1n) is 4.28. The van der Waals surface area contributed by atoms with Gasteiger partial charge in [0.1, 0.15) is 0 Å². The average Bonchev–Trinajstić information content (AvgIpc) is 2.73. The molecule has 2 rings (SSSR count). The van der Waals surface area contributed by atoms with Crippen LogP contribution in [0.5, 0.6) is 0 Å². The quantitative estimate of drug-likeness (QED) is 0.853. The molecule has 2 N–H and O–H groups in total. The third-order valence-electron chi connectivity index (χ3n) is 1.99. The third-order valence-corrected chi connectivity index (χ3v) is 3.97. The summed E-state index contributed by atoms with van der Waals surface area (Å²) in [6.45, 7) is 4.00. The lowest BCUT2D eigenvalue weighted by molar-refractivity contribution is 0.898. The molecule has 0 fully saturated rings. The molecule has 0 saturated carbocycles. The topological polar surface area (TPSA) is 51.8 Å². The van der Waals surface area contributed by atoms with Crippen LogP contribution in [-0.4, -0.2) is 9.36 Å². The zero-order valence-electron chi connectivity index (χ0n) is 8.02. The van der Waals surface area contributed by atoms with Crippen molar-refractivity contribution in [2.24, 2.45) is 5.73 Å². The van der Waals surface area contributed by atoms with Gasteiger partial charge in [0, 0.05) is 16.0 Å². The number of aryl methyl sites for hydroxylation is 2. The van der Waals surface area contributed by atoms with E-state index in [4.69, 9.17) is 5.73 Å². The summed E-state index contributed by atoms with van der Waals surface area (Å²) in [7, 11) is 0. The van der Waals surface area contributed by atoms with Crippen molar-refractivity contribution in [3.63, 3.8) is 0 Å². The lowest BCUT2D eigenvalue weighted by atomic mass is 10.2. The maximum absolute atomic E-state index is 6.12. The molecule has 1 atom stereocenters. The molecular formula is C9H11N3S2. The highest BCUT2D eigenvalue weighted by Crippen LogP contribution is 2.29. The number of thiazole rings is 1. The van der Waals surface area contributed by atoms with Crippen molar-refractivity contribution in [3.8, 4) is 0 Å². The molecule has 1 unspecified atom stereocenters. The van der Waals surface area contributed by atoms with Crippen LogP contribution in [-0.2, 0) is 0 Å². The first-order chi connectivity index (χ1) is 6.68. The van der Waals surface area contributed by atoms with Crippen LogP contribution >= 0.6 is 22.9 Å². The summed E-state index contributed by atoms with van der Waals surface area (Å²) in [5, 5.41) is 1.07. The minimum atomic E-state index is -0.0614. The lowest BCUT2D eigenvalue weighted by Gasteiger charge is -2.06. The SMILES string of the molecule is Cc1nc(C)c(C(N)c2ccns2)s1. The van der Waals surface area contributed by atoms with E-state index in [0.29, 0.717) is 0 Å². The largest absolute Gasteiger partial charge is 0.319 e. The second-order valence-electron chi connectivity index (χ2n) is 3.08. The molecule has 0 aliphatic carbocycles. The highest BCUT2D eigenvalue weighted by molar-refractivity contribution is 7.12. The minimum Gasteiger partial charge on any atom is -0.319 e. The number of nitrogens with two attached hydrogens (primary N) is 1. The molecule has 2 aromatic rings. The first kappa shape index (κ1) is 9.76. The van der Waals surface area contributed by atoms with E-state index in [1.807, 2.05) is 19.9 Å². The maximum Gasteiger partial charge on any atom is 0.0900 e. The van der Waals surface area contributed by atoms with Gasteiger partial charge in [0.05, 0.1) is 16.7 Å². The van der Waals surface area contributed by atoms with Gasteiger partial charge >= 0.3 is 0 Å². The third kappa shape index (κ3) is 1.70. The van der Waals surface area contributed by atoms with Gasteiger partial charge in [-0.2, -0.15) is 0 Å². The molecule has 0 aliphatic rings. The van der Waals surface area contributed by atoms with Crippen molar-refractivity contribution < 1.29 is 0 Å². The van der Waals surface area contributed by atoms with Crippen molar-refractivity contribution in [2.45, 2.75) is 19.9 Å². The van der Waals surface area contributed by atoms with Crippen LogP contribution in [0.1, 0.15) is 26.5 Å². The van der Waals surface area contributed by atoms with Gasteiger partial charge in [0.15, 0.2) is 0 Å². The Hall–Kier alpha value is -0.780. The molecule has 3 nitrogen and oxygen atoms in total. The predicted molar refractivity (Wildman–Crippen MR) is 59.7 cm³/mol. The average molecular weight is 225 g/mol. The number of hydrogen-bond acceptors (Lipinski definition) is 5. The molecular weight excluding hydrogens is 214 g/mol. The Labute approximate surface area is 90.8 Å². The Kier molecular flexibility index (Phi) is 2.62. The van der Waals surface area contributed by atoms with Crippen molar-refractivity contribution in [3.05, 3.63) is 32.7 Å². The van der Waals surface area contributed by atoms with Crippen molar-refractivity contribution >= 4 is 22.9 Å². The summed E-state index contributed by atoms with van der Waals surface area (Å²) < 4.78 is 4.05. The Bertz CT molecular complexity index is 419. The summed E-state index contributed by atoms with van der Waals surface area (Å²) in [6, 6.07) is 1.90. The molecule has 0 aliphatic heterocycles. The molecule has 14 heavy (non-hydrogen) atoms. The maximum atomic E-state index is 6.12. The molecule has 0 bridgehead atoms. The second-order valence-corrected chi connectivity index (χ2v) is 5.17. The molecule has 5 heteroatoms. The predicted octanol–water partition coefficient (Wildman–Crippen LogP) is 2.26. The Balaban J connectivity index is 2.36. The molecule has 0 amide bonds. The molecule has 74 valence electrons. The van der Waals surface area contributed by atoms with Crippen LogP contribution in [0, 0.1) is 13.8 Å². The van der Waals surface area contributed by atoms with E-state index in [0.717, 1.165) is 20.5 Å². The van der Waals surface area contributed by atoms with Gasteiger partial charge in [-0.15, -0.1) is 11.3 Å². The zero-order chi connectivity index (χ0) is 10.1. The van der Waals surface area contributed by atoms with Crippen LogP contribution in [0.2, 0.25) is 0 Å². The Morgan fingerprint density at radius 2 is 2.21 bits per heavy atom. The smallest absolute Gasteiger partial charge is 0.0900 e. The lowest BCUT2D eigenvalue weighted by Crippen LogP contribution is -2.09. The van der Waals surface area contributed by atoms with Crippen LogP contribution in [0.4, 0.5) is 0 Å². The fourth-order valence-corrected chi connectivity index (χ4v) is 2.97. The van der Waals surface area contributed by atoms with E-state index in [1.165, 1.54) is 11.5 Å². The van der Waals surface area contributed by atoms with E-state index in [1.54, 1.807) is 17.5 Å². The summed E-state index contributed by atoms with van der Waals surface area (Å²) in [4.78, 5) is 6.60. The number of rotatable bonds is 2. The molecule has 0 aromatic carbocycles. The summed E-state index contributed by atoms with van der Waals surface area (Å²) in [5.41, 5.74) is 7.15. The van der Waals surface area contributed by atoms with Gasteiger partial charge in [0.2, 0.25) is 0 Å².